The van der Waals surface area contributed by atoms with Gasteiger partial charge in [-0.2, -0.15) is 0 Å². The van der Waals surface area contributed by atoms with E-state index in [2.05, 4.69) is 26.8 Å². The molecule has 2 aliphatic rings. The molecule has 0 aliphatic carbocycles. The Labute approximate surface area is 133 Å². The van der Waals surface area contributed by atoms with E-state index in [1.165, 1.54) is 17.7 Å². The first-order valence-corrected chi connectivity index (χ1v) is 8.45. The van der Waals surface area contributed by atoms with Crippen LogP contribution in [0.15, 0.2) is 18.2 Å². The number of β-amino-alcohol motifs (C(OH)–C–C–N with tert-alkyl or cyclic N) is 1. The first kappa shape index (κ1) is 15.6. The minimum atomic E-state index is 0.272. The van der Waals surface area contributed by atoms with Crippen molar-refractivity contribution in [2.75, 3.05) is 69.6 Å². The minimum absolute atomic E-state index is 0.272. The highest BCUT2D eigenvalue weighted by Gasteiger charge is 2.20. The van der Waals surface area contributed by atoms with Crippen molar-refractivity contribution < 1.29 is 5.11 Å². The Hall–Kier alpha value is -1.30. The number of nitrogens with two attached hydrogens (primary N) is 1. The van der Waals surface area contributed by atoms with Crippen LogP contribution in [0.5, 0.6) is 0 Å². The molecule has 0 aromatic heterocycles. The number of benzene rings is 1. The summed E-state index contributed by atoms with van der Waals surface area (Å²) < 4.78 is 0. The number of anilines is 2. The quantitative estimate of drug-likeness (QED) is 0.782. The maximum atomic E-state index is 9.00. The number of fused-ring (bicyclic) bond motifs is 1. The lowest BCUT2D eigenvalue weighted by atomic mass is 10.0. The molecule has 3 rings (SSSR count). The SMILES string of the molecule is Nc1ccc2c(c1)CCCN2CCN1CCN(CCO)CC1. The van der Waals surface area contributed by atoms with Crippen molar-refractivity contribution in [1.82, 2.24) is 9.80 Å². The summed E-state index contributed by atoms with van der Waals surface area (Å²) in [6.07, 6.45) is 2.37. The monoisotopic (exact) mass is 304 g/mol. The Bertz CT molecular complexity index is 486. The van der Waals surface area contributed by atoms with Crippen LogP contribution in [0.1, 0.15) is 12.0 Å². The van der Waals surface area contributed by atoms with Crippen LogP contribution in [0, 0.1) is 0 Å². The number of piperazine rings is 1. The number of aliphatic hydroxyl groups excluding tert-OH is 1. The van der Waals surface area contributed by atoms with Gasteiger partial charge >= 0.3 is 0 Å². The number of nitrogen functional groups attached to an aromatic ring is 1. The Morgan fingerprint density at radius 2 is 1.68 bits per heavy atom. The Kier molecular flexibility index (Phi) is 5.18. The molecule has 0 spiro atoms. The second-order valence-corrected chi connectivity index (χ2v) is 6.39. The van der Waals surface area contributed by atoms with Gasteiger partial charge in [-0.3, -0.25) is 9.80 Å². The topological polar surface area (TPSA) is 56.0 Å². The molecular formula is C17H28N4O. The van der Waals surface area contributed by atoms with Crippen LogP contribution in [-0.4, -0.2) is 73.9 Å². The van der Waals surface area contributed by atoms with Crippen LogP contribution in [-0.2, 0) is 6.42 Å². The van der Waals surface area contributed by atoms with Crippen LogP contribution in [0.3, 0.4) is 0 Å². The number of rotatable bonds is 5. The molecule has 3 N–H and O–H groups in total. The van der Waals surface area contributed by atoms with E-state index in [0.717, 1.165) is 64.5 Å². The van der Waals surface area contributed by atoms with E-state index in [9.17, 15) is 0 Å². The van der Waals surface area contributed by atoms with E-state index in [1.54, 1.807) is 0 Å². The Morgan fingerprint density at radius 1 is 0.955 bits per heavy atom. The van der Waals surface area contributed by atoms with E-state index in [1.807, 2.05) is 6.07 Å². The minimum Gasteiger partial charge on any atom is -0.399 e. The van der Waals surface area contributed by atoms with Crippen molar-refractivity contribution in [1.29, 1.82) is 0 Å². The highest BCUT2D eigenvalue weighted by atomic mass is 16.3. The summed E-state index contributed by atoms with van der Waals surface area (Å²) in [6.45, 7) is 8.84. The van der Waals surface area contributed by atoms with Gasteiger partial charge in [0.2, 0.25) is 0 Å². The third-order valence-electron chi connectivity index (χ3n) is 4.89. The highest BCUT2D eigenvalue weighted by Crippen LogP contribution is 2.28. The molecule has 0 amide bonds. The van der Waals surface area contributed by atoms with Gasteiger partial charge in [0.15, 0.2) is 0 Å². The molecule has 1 fully saturated rings. The molecule has 1 saturated heterocycles. The predicted octanol–water partition coefficient (Wildman–Crippen LogP) is 0.631. The van der Waals surface area contributed by atoms with Crippen molar-refractivity contribution in [3.8, 4) is 0 Å². The summed E-state index contributed by atoms with van der Waals surface area (Å²) in [5, 5.41) is 9.00. The van der Waals surface area contributed by atoms with Crippen LogP contribution in [0.25, 0.3) is 0 Å². The summed E-state index contributed by atoms with van der Waals surface area (Å²) in [7, 11) is 0. The molecule has 0 saturated carbocycles. The average molecular weight is 304 g/mol. The first-order chi connectivity index (χ1) is 10.8. The average Bonchev–Trinajstić information content (AvgIpc) is 2.54. The summed E-state index contributed by atoms with van der Waals surface area (Å²) in [5.74, 6) is 0. The first-order valence-electron chi connectivity index (χ1n) is 8.45. The lowest BCUT2D eigenvalue weighted by molar-refractivity contribution is 0.114. The standard InChI is InChI=1S/C17H28N4O/c18-16-3-4-17-15(14-16)2-1-5-21(17)11-10-19-6-8-20(9-7-19)12-13-22/h3-4,14,22H,1-2,5-13,18H2. The molecule has 0 radical (unpaired) electrons. The van der Waals surface area contributed by atoms with Crippen LogP contribution < -0.4 is 10.6 Å². The van der Waals surface area contributed by atoms with E-state index in [-0.39, 0.29) is 6.61 Å². The number of nitrogens with zero attached hydrogens (tertiary/aromatic N) is 3. The summed E-state index contributed by atoms with van der Waals surface area (Å²) in [4.78, 5) is 7.40. The van der Waals surface area contributed by atoms with Crippen molar-refractivity contribution >= 4 is 11.4 Å². The maximum absolute atomic E-state index is 9.00. The van der Waals surface area contributed by atoms with Gasteiger partial charge in [-0.1, -0.05) is 0 Å². The van der Waals surface area contributed by atoms with Gasteiger partial charge in [0.1, 0.15) is 0 Å². The number of aryl methyl sites for hydroxylation is 1. The van der Waals surface area contributed by atoms with Gasteiger partial charge in [-0.15, -0.1) is 0 Å². The Balaban J connectivity index is 1.51. The van der Waals surface area contributed by atoms with Gasteiger partial charge in [-0.05, 0) is 36.6 Å². The van der Waals surface area contributed by atoms with Crippen LogP contribution in [0.2, 0.25) is 0 Å². The lowest BCUT2D eigenvalue weighted by Gasteiger charge is -2.37. The van der Waals surface area contributed by atoms with Crippen molar-refractivity contribution in [2.24, 2.45) is 0 Å². The fourth-order valence-corrected chi connectivity index (χ4v) is 3.57. The molecule has 0 bridgehead atoms. The molecule has 0 atom stereocenters. The van der Waals surface area contributed by atoms with E-state index in [0.29, 0.717) is 0 Å². The molecule has 1 aromatic rings. The molecule has 122 valence electrons. The molecule has 1 aromatic carbocycles. The molecular weight excluding hydrogens is 276 g/mol. The molecule has 2 aliphatic heterocycles. The van der Waals surface area contributed by atoms with Crippen molar-refractivity contribution in [2.45, 2.75) is 12.8 Å². The van der Waals surface area contributed by atoms with Crippen LogP contribution >= 0.6 is 0 Å². The molecule has 0 unspecified atom stereocenters. The number of hydrogen-bond donors (Lipinski definition) is 2. The van der Waals surface area contributed by atoms with Gasteiger partial charge < -0.3 is 15.7 Å². The van der Waals surface area contributed by atoms with E-state index < -0.39 is 0 Å². The third-order valence-corrected chi connectivity index (χ3v) is 4.89. The van der Waals surface area contributed by atoms with Crippen molar-refractivity contribution in [3.05, 3.63) is 23.8 Å². The van der Waals surface area contributed by atoms with Crippen LogP contribution in [0.4, 0.5) is 11.4 Å². The highest BCUT2D eigenvalue weighted by molar-refractivity contribution is 5.61. The molecule has 5 nitrogen and oxygen atoms in total. The smallest absolute Gasteiger partial charge is 0.0558 e. The van der Waals surface area contributed by atoms with Gasteiger partial charge in [-0.25, -0.2) is 0 Å². The number of aliphatic hydroxyl groups is 1. The largest absolute Gasteiger partial charge is 0.399 e. The summed E-state index contributed by atoms with van der Waals surface area (Å²) >= 11 is 0. The normalized spacial score (nSPS) is 20.1. The molecule has 22 heavy (non-hydrogen) atoms. The summed E-state index contributed by atoms with van der Waals surface area (Å²) in [5.41, 5.74) is 9.56. The van der Waals surface area contributed by atoms with Gasteiger partial charge in [0, 0.05) is 63.7 Å². The number of hydrogen-bond acceptors (Lipinski definition) is 5. The zero-order valence-corrected chi connectivity index (χ0v) is 13.4. The second kappa shape index (κ2) is 7.31. The fraction of sp³-hybridized carbons (Fsp3) is 0.647. The maximum Gasteiger partial charge on any atom is 0.0558 e. The second-order valence-electron chi connectivity index (χ2n) is 6.39. The lowest BCUT2D eigenvalue weighted by Crippen LogP contribution is -2.49. The van der Waals surface area contributed by atoms with E-state index in [4.69, 9.17) is 10.8 Å². The molecule has 2 heterocycles. The fourth-order valence-electron chi connectivity index (χ4n) is 3.57. The zero-order chi connectivity index (χ0) is 15.4. The predicted molar refractivity (Wildman–Crippen MR) is 91.4 cm³/mol. The Morgan fingerprint density at radius 3 is 2.41 bits per heavy atom. The molecule has 5 heteroatoms. The van der Waals surface area contributed by atoms with E-state index >= 15 is 0 Å². The third kappa shape index (κ3) is 3.72. The van der Waals surface area contributed by atoms with Crippen molar-refractivity contribution in [3.63, 3.8) is 0 Å². The zero-order valence-electron chi connectivity index (χ0n) is 13.4. The van der Waals surface area contributed by atoms with Gasteiger partial charge in [0.25, 0.3) is 0 Å². The van der Waals surface area contributed by atoms with Gasteiger partial charge in [0.05, 0.1) is 6.61 Å². The summed E-state index contributed by atoms with van der Waals surface area (Å²) in [6, 6.07) is 6.34.